The van der Waals surface area contributed by atoms with Crippen LogP contribution in [0, 0.1) is 20.8 Å². The SMILES string of the molecule is COc1ccc(C(=O)N(C)CC(=O)Nc2c(C)cc(C)cc2C)c(O)c1. The van der Waals surface area contributed by atoms with E-state index in [1.165, 1.54) is 31.2 Å². The average molecular weight is 356 g/mol. The number of phenolic OH excluding ortho intramolecular Hbond substituents is 1. The van der Waals surface area contributed by atoms with Crippen molar-refractivity contribution in [3.8, 4) is 11.5 Å². The largest absolute Gasteiger partial charge is 0.507 e. The molecular formula is C20H24N2O4. The lowest BCUT2D eigenvalue weighted by Crippen LogP contribution is -2.35. The van der Waals surface area contributed by atoms with Gasteiger partial charge in [-0.05, 0) is 44.0 Å². The molecule has 0 unspecified atom stereocenters. The molecule has 6 nitrogen and oxygen atoms in total. The molecule has 0 aliphatic heterocycles. The van der Waals surface area contributed by atoms with E-state index in [1.807, 2.05) is 32.9 Å². The molecule has 0 fully saturated rings. The average Bonchev–Trinajstić information content (AvgIpc) is 2.57. The Hall–Kier alpha value is -3.02. The van der Waals surface area contributed by atoms with Crippen LogP contribution in [0.3, 0.4) is 0 Å². The summed E-state index contributed by atoms with van der Waals surface area (Å²) in [5, 5.41) is 12.8. The third-order valence-electron chi connectivity index (χ3n) is 4.10. The van der Waals surface area contributed by atoms with Crippen molar-refractivity contribution in [1.29, 1.82) is 0 Å². The molecule has 2 aromatic rings. The summed E-state index contributed by atoms with van der Waals surface area (Å²) < 4.78 is 5.00. The molecule has 0 aromatic heterocycles. The molecular weight excluding hydrogens is 332 g/mol. The number of likely N-dealkylation sites (N-methyl/N-ethyl adjacent to an activating group) is 1. The smallest absolute Gasteiger partial charge is 0.257 e. The predicted molar refractivity (Wildman–Crippen MR) is 101 cm³/mol. The zero-order chi connectivity index (χ0) is 19.4. The number of hydrogen-bond acceptors (Lipinski definition) is 4. The minimum Gasteiger partial charge on any atom is -0.507 e. The lowest BCUT2D eigenvalue weighted by atomic mass is 10.1. The van der Waals surface area contributed by atoms with Crippen molar-refractivity contribution in [3.05, 3.63) is 52.6 Å². The summed E-state index contributed by atoms with van der Waals surface area (Å²) in [6.45, 7) is 5.73. The maximum absolute atomic E-state index is 12.5. The van der Waals surface area contributed by atoms with Gasteiger partial charge in [0.25, 0.3) is 5.91 Å². The number of amides is 2. The second-order valence-electron chi connectivity index (χ2n) is 6.37. The highest BCUT2D eigenvalue weighted by atomic mass is 16.5. The Kier molecular flexibility index (Phi) is 5.87. The maximum Gasteiger partial charge on any atom is 0.257 e. The molecule has 6 heteroatoms. The van der Waals surface area contributed by atoms with E-state index in [2.05, 4.69) is 5.32 Å². The van der Waals surface area contributed by atoms with Crippen molar-refractivity contribution in [3.63, 3.8) is 0 Å². The molecule has 2 rings (SSSR count). The predicted octanol–water partition coefficient (Wildman–Crippen LogP) is 3.04. The van der Waals surface area contributed by atoms with Gasteiger partial charge < -0.3 is 20.1 Å². The molecule has 2 aromatic carbocycles. The van der Waals surface area contributed by atoms with E-state index in [4.69, 9.17) is 4.74 Å². The number of ether oxygens (including phenoxy) is 1. The van der Waals surface area contributed by atoms with Crippen LogP contribution in [-0.2, 0) is 4.79 Å². The number of methoxy groups -OCH3 is 1. The molecule has 0 bridgehead atoms. The van der Waals surface area contributed by atoms with Gasteiger partial charge in [-0.3, -0.25) is 9.59 Å². The van der Waals surface area contributed by atoms with Crippen LogP contribution < -0.4 is 10.1 Å². The summed E-state index contributed by atoms with van der Waals surface area (Å²) >= 11 is 0. The Morgan fingerprint density at radius 3 is 2.27 bits per heavy atom. The van der Waals surface area contributed by atoms with Crippen molar-refractivity contribution in [2.45, 2.75) is 20.8 Å². The van der Waals surface area contributed by atoms with Gasteiger partial charge in [0.15, 0.2) is 0 Å². The molecule has 2 amide bonds. The Balaban J connectivity index is 2.08. The number of carbonyl (C=O) groups excluding carboxylic acids is 2. The zero-order valence-electron chi connectivity index (χ0n) is 15.7. The fraction of sp³-hybridized carbons (Fsp3) is 0.300. The van der Waals surface area contributed by atoms with E-state index in [-0.39, 0.29) is 23.8 Å². The highest BCUT2D eigenvalue weighted by molar-refractivity contribution is 6.01. The number of aryl methyl sites for hydroxylation is 3. The molecule has 0 saturated heterocycles. The first-order valence-corrected chi connectivity index (χ1v) is 8.23. The fourth-order valence-electron chi connectivity index (χ4n) is 2.87. The molecule has 2 N–H and O–H groups in total. The van der Waals surface area contributed by atoms with E-state index in [9.17, 15) is 14.7 Å². The summed E-state index contributed by atoms with van der Waals surface area (Å²) in [4.78, 5) is 26.1. The van der Waals surface area contributed by atoms with E-state index in [0.29, 0.717) is 5.75 Å². The summed E-state index contributed by atoms with van der Waals surface area (Å²) in [5.74, 6) is -0.488. The third kappa shape index (κ3) is 4.33. The second kappa shape index (κ2) is 7.91. The minimum absolute atomic E-state index is 0.115. The van der Waals surface area contributed by atoms with Crippen LogP contribution in [0.4, 0.5) is 5.69 Å². The minimum atomic E-state index is -0.447. The summed E-state index contributed by atoms with van der Waals surface area (Å²) in [6.07, 6.45) is 0. The van der Waals surface area contributed by atoms with Crippen LogP contribution in [0.15, 0.2) is 30.3 Å². The van der Waals surface area contributed by atoms with Gasteiger partial charge in [0, 0.05) is 18.8 Å². The Morgan fingerprint density at radius 1 is 1.12 bits per heavy atom. The molecule has 0 aliphatic carbocycles. The van der Waals surface area contributed by atoms with E-state index in [1.54, 1.807) is 6.07 Å². The molecule has 0 heterocycles. The second-order valence-corrected chi connectivity index (χ2v) is 6.37. The van der Waals surface area contributed by atoms with Gasteiger partial charge in [0.05, 0.1) is 19.2 Å². The van der Waals surface area contributed by atoms with Crippen molar-refractivity contribution < 1.29 is 19.4 Å². The lowest BCUT2D eigenvalue weighted by molar-refractivity contribution is -0.116. The van der Waals surface area contributed by atoms with Gasteiger partial charge >= 0.3 is 0 Å². The van der Waals surface area contributed by atoms with Gasteiger partial charge in [-0.2, -0.15) is 0 Å². The normalized spacial score (nSPS) is 10.3. The first-order chi connectivity index (χ1) is 12.2. The van der Waals surface area contributed by atoms with Crippen molar-refractivity contribution in [2.75, 3.05) is 26.0 Å². The van der Waals surface area contributed by atoms with Crippen LogP contribution in [0.25, 0.3) is 0 Å². The van der Waals surface area contributed by atoms with Crippen LogP contribution in [0.2, 0.25) is 0 Å². The van der Waals surface area contributed by atoms with Crippen molar-refractivity contribution in [1.82, 2.24) is 4.90 Å². The quantitative estimate of drug-likeness (QED) is 0.863. The third-order valence-corrected chi connectivity index (χ3v) is 4.10. The van der Waals surface area contributed by atoms with Crippen molar-refractivity contribution >= 4 is 17.5 Å². The molecule has 0 spiro atoms. The van der Waals surface area contributed by atoms with E-state index in [0.717, 1.165) is 22.4 Å². The maximum atomic E-state index is 12.5. The van der Waals surface area contributed by atoms with Gasteiger partial charge in [-0.15, -0.1) is 0 Å². The number of nitrogens with zero attached hydrogens (tertiary/aromatic N) is 1. The highest BCUT2D eigenvalue weighted by Gasteiger charge is 2.19. The number of nitrogens with one attached hydrogen (secondary N) is 1. The number of phenols is 1. The first-order valence-electron chi connectivity index (χ1n) is 8.23. The van der Waals surface area contributed by atoms with Crippen LogP contribution >= 0.6 is 0 Å². The molecule has 26 heavy (non-hydrogen) atoms. The number of benzene rings is 2. The van der Waals surface area contributed by atoms with Gasteiger partial charge in [0.1, 0.15) is 11.5 Å². The molecule has 0 radical (unpaired) electrons. The molecule has 0 aliphatic rings. The summed E-state index contributed by atoms with van der Waals surface area (Å²) in [6, 6.07) is 8.40. The molecule has 0 atom stereocenters. The monoisotopic (exact) mass is 356 g/mol. The van der Waals surface area contributed by atoms with E-state index < -0.39 is 5.91 Å². The zero-order valence-corrected chi connectivity index (χ0v) is 15.7. The van der Waals surface area contributed by atoms with Gasteiger partial charge in [-0.25, -0.2) is 0 Å². The first kappa shape index (κ1) is 19.3. The Labute approximate surface area is 153 Å². The van der Waals surface area contributed by atoms with Crippen molar-refractivity contribution in [2.24, 2.45) is 0 Å². The topological polar surface area (TPSA) is 78.9 Å². The van der Waals surface area contributed by atoms with Crippen LogP contribution in [0.5, 0.6) is 11.5 Å². The van der Waals surface area contributed by atoms with Gasteiger partial charge in [0.2, 0.25) is 5.91 Å². The molecule has 0 saturated carbocycles. The standard InChI is InChI=1S/C20H24N2O4/c1-12-8-13(2)19(14(3)9-12)21-18(24)11-22(4)20(25)16-7-6-15(26-5)10-17(16)23/h6-10,23H,11H2,1-5H3,(H,21,24). The number of rotatable bonds is 5. The fourth-order valence-corrected chi connectivity index (χ4v) is 2.87. The lowest BCUT2D eigenvalue weighted by Gasteiger charge is -2.19. The van der Waals surface area contributed by atoms with Crippen LogP contribution in [-0.4, -0.2) is 42.5 Å². The highest BCUT2D eigenvalue weighted by Crippen LogP contribution is 2.25. The number of anilines is 1. The summed E-state index contributed by atoms with van der Waals surface area (Å²) in [7, 11) is 2.99. The Morgan fingerprint density at radius 2 is 1.73 bits per heavy atom. The van der Waals surface area contributed by atoms with Gasteiger partial charge in [-0.1, -0.05) is 17.7 Å². The van der Waals surface area contributed by atoms with E-state index >= 15 is 0 Å². The number of carbonyl (C=O) groups is 2. The molecule has 138 valence electrons. The Bertz CT molecular complexity index is 823. The van der Waals surface area contributed by atoms with Crippen LogP contribution in [0.1, 0.15) is 27.0 Å². The summed E-state index contributed by atoms with van der Waals surface area (Å²) in [5.41, 5.74) is 3.94. The number of hydrogen-bond donors (Lipinski definition) is 2. The number of aromatic hydroxyl groups is 1.